The third-order valence-electron chi connectivity index (χ3n) is 2.34. The second-order valence-electron chi connectivity index (χ2n) is 3.32. The average Bonchev–Trinajstić information content (AvgIpc) is 2.54. The van der Waals surface area contributed by atoms with Crippen LogP contribution in [0.4, 0.5) is 4.39 Å². The average molecular weight is 198 g/mol. The second kappa shape index (κ2) is 3.22. The zero-order chi connectivity index (χ0) is 9.31. The van der Waals surface area contributed by atoms with E-state index in [-0.39, 0.29) is 5.75 Å². The van der Waals surface area contributed by atoms with Gasteiger partial charge in [-0.1, -0.05) is 12.1 Å². The lowest BCUT2D eigenvalue weighted by atomic mass is 9.95. The van der Waals surface area contributed by atoms with Crippen molar-refractivity contribution < 1.29 is 9.50 Å². The summed E-state index contributed by atoms with van der Waals surface area (Å²) in [6.45, 7) is 0. The molecule has 1 saturated heterocycles. The Bertz CT molecular complexity index is 308. The van der Waals surface area contributed by atoms with Crippen LogP contribution in [0.25, 0.3) is 0 Å². The molecule has 0 aromatic heterocycles. The standard InChI is InChI=1S/C10H11FOS/c11-10(4-5-13-7-10)8-2-1-3-9(12)6-8/h1-3,6,12H,4-5,7H2. The van der Waals surface area contributed by atoms with E-state index >= 15 is 0 Å². The first-order chi connectivity index (χ1) is 6.21. The molecule has 1 aromatic carbocycles. The van der Waals surface area contributed by atoms with Gasteiger partial charge in [-0.05, 0) is 29.9 Å². The van der Waals surface area contributed by atoms with E-state index in [4.69, 9.17) is 0 Å². The van der Waals surface area contributed by atoms with E-state index in [0.717, 1.165) is 5.75 Å². The van der Waals surface area contributed by atoms with Gasteiger partial charge in [0.2, 0.25) is 0 Å². The minimum Gasteiger partial charge on any atom is -0.508 e. The van der Waals surface area contributed by atoms with Gasteiger partial charge in [0.05, 0.1) is 0 Å². The molecule has 13 heavy (non-hydrogen) atoms. The molecule has 0 amide bonds. The Morgan fingerprint density at radius 3 is 2.92 bits per heavy atom. The molecular weight excluding hydrogens is 187 g/mol. The van der Waals surface area contributed by atoms with Crippen molar-refractivity contribution in [1.82, 2.24) is 0 Å². The van der Waals surface area contributed by atoms with Gasteiger partial charge in [0.1, 0.15) is 11.4 Å². The van der Waals surface area contributed by atoms with E-state index in [1.165, 1.54) is 6.07 Å². The molecule has 70 valence electrons. The Hall–Kier alpha value is -0.700. The minimum absolute atomic E-state index is 0.145. The molecule has 0 saturated carbocycles. The summed E-state index contributed by atoms with van der Waals surface area (Å²) in [5.41, 5.74) is -0.610. The summed E-state index contributed by atoms with van der Waals surface area (Å²) in [6.07, 6.45) is 0.557. The van der Waals surface area contributed by atoms with Gasteiger partial charge in [-0.25, -0.2) is 4.39 Å². The molecule has 0 aliphatic carbocycles. The highest BCUT2D eigenvalue weighted by molar-refractivity contribution is 7.99. The molecule has 1 heterocycles. The number of benzene rings is 1. The summed E-state index contributed by atoms with van der Waals surface area (Å²) >= 11 is 1.63. The summed E-state index contributed by atoms with van der Waals surface area (Å²) in [7, 11) is 0. The monoisotopic (exact) mass is 198 g/mol. The van der Waals surface area contributed by atoms with Gasteiger partial charge in [0, 0.05) is 5.75 Å². The zero-order valence-electron chi connectivity index (χ0n) is 7.16. The number of thioether (sulfide) groups is 1. The Morgan fingerprint density at radius 2 is 2.31 bits per heavy atom. The molecule has 0 bridgehead atoms. The first-order valence-electron chi connectivity index (χ1n) is 4.27. The topological polar surface area (TPSA) is 20.2 Å². The summed E-state index contributed by atoms with van der Waals surface area (Å²) in [6, 6.07) is 6.52. The summed E-state index contributed by atoms with van der Waals surface area (Å²) in [4.78, 5) is 0. The van der Waals surface area contributed by atoms with Gasteiger partial charge < -0.3 is 5.11 Å². The van der Waals surface area contributed by atoms with Crippen LogP contribution in [0.15, 0.2) is 24.3 Å². The van der Waals surface area contributed by atoms with E-state index in [1.807, 2.05) is 0 Å². The van der Waals surface area contributed by atoms with Crippen molar-refractivity contribution in [2.24, 2.45) is 0 Å². The van der Waals surface area contributed by atoms with Crippen molar-refractivity contribution in [3.63, 3.8) is 0 Å². The smallest absolute Gasteiger partial charge is 0.145 e. The number of alkyl halides is 1. The molecule has 1 N–H and O–H groups in total. The van der Waals surface area contributed by atoms with Crippen LogP contribution in [-0.2, 0) is 5.67 Å². The normalized spacial score (nSPS) is 27.8. The molecule has 1 nitrogen and oxygen atoms in total. The van der Waals surface area contributed by atoms with Gasteiger partial charge >= 0.3 is 0 Å². The van der Waals surface area contributed by atoms with E-state index in [1.54, 1.807) is 30.0 Å². The number of phenolic OH excluding ortho intramolecular Hbond substituents is 1. The first kappa shape index (κ1) is 8.88. The maximum absolute atomic E-state index is 14.1. The van der Waals surface area contributed by atoms with Gasteiger partial charge in [-0.2, -0.15) is 11.8 Å². The number of phenols is 1. The number of hydrogen-bond acceptors (Lipinski definition) is 2. The van der Waals surface area contributed by atoms with Crippen LogP contribution in [0.3, 0.4) is 0 Å². The largest absolute Gasteiger partial charge is 0.508 e. The predicted molar refractivity (Wildman–Crippen MR) is 52.8 cm³/mol. The van der Waals surface area contributed by atoms with Crippen molar-refractivity contribution in [3.05, 3.63) is 29.8 Å². The van der Waals surface area contributed by atoms with Gasteiger partial charge in [0.15, 0.2) is 0 Å². The fraction of sp³-hybridized carbons (Fsp3) is 0.400. The van der Waals surface area contributed by atoms with Gasteiger partial charge in [0.25, 0.3) is 0 Å². The molecule has 1 aromatic rings. The van der Waals surface area contributed by atoms with Crippen molar-refractivity contribution >= 4 is 11.8 Å². The third kappa shape index (κ3) is 1.66. The molecule has 2 rings (SSSR count). The van der Waals surface area contributed by atoms with Crippen LogP contribution >= 0.6 is 11.8 Å². The Labute approximate surface area is 81.0 Å². The Kier molecular flexibility index (Phi) is 2.20. The van der Waals surface area contributed by atoms with Gasteiger partial charge in [-0.15, -0.1) is 0 Å². The second-order valence-corrected chi connectivity index (χ2v) is 4.42. The predicted octanol–water partition coefficient (Wildman–Crippen LogP) is 2.69. The zero-order valence-corrected chi connectivity index (χ0v) is 7.98. The highest BCUT2D eigenvalue weighted by Crippen LogP contribution is 2.40. The maximum Gasteiger partial charge on any atom is 0.145 e. The SMILES string of the molecule is Oc1cccc(C2(F)CCSC2)c1. The third-order valence-corrected chi connectivity index (χ3v) is 3.49. The summed E-state index contributed by atoms with van der Waals surface area (Å²) < 4.78 is 14.1. The lowest BCUT2D eigenvalue weighted by molar-refractivity contribution is 0.202. The fourth-order valence-corrected chi connectivity index (χ4v) is 2.80. The molecule has 1 fully saturated rings. The van der Waals surface area contributed by atoms with Gasteiger partial charge in [-0.3, -0.25) is 0 Å². The van der Waals surface area contributed by atoms with Crippen LogP contribution < -0.4 is 0 Å². The molecule has 3 heteroatoms. The van der Waals surface area contributed by atoms with Crippen molar-refractivity contribution in [2.75, 3.05) is 11.5 Å². The van der Waals surface area contributed by atoms with Crippen molar-refractivity contribution in [2.45, 2.75) is 12.1 Å². The molecule has 1 unspecified atom stereocenters. The Morgan fingerprint density at radius 1 is 1.46 bits per heavy atom. The molecule has 0 radical (unpaired) electrons. The first-order valence-corrected chi connectivity index (χ1v) is 5.42. The molecule has 0 spiro atoms. The van der Waals surface area contributed by atoms with E-state index in [0.29, 0.717) is 17.7 Å². The summed E-state index contributed by atoms with van der Waals surface area (Å²) in [5.74, 6) is 1.52. The number of halogens is 1. The molecule has 1 atom stereocenters. The number of aromatic hydroxyl groups is 1. The van der Waals surface area contributed by atoms with Crippen molar-refractivity contribution in [3.8, 4) is 5.75 Å². The van der Waals surface area contributed by atoms with Crippen LogP contribution in [0, 0.1) is 0 Å². The molecular formula is C10H11FOS. The van der Waals surface area contributed by atoms with E-state index in [2.05, 4.69) is 0 Å². The highest BCUT2D eigenvalue weighted by atomic mass is 32.2. The number of rotatable bonds is 1. The van der Waals surface area contributed by atoms with Crippen molar-refractivity contribution in [1.29, 1.82) is 0 Å². The maximum atomic E-state index is 14.1. The van der Waals surface area contributed by atoms with E-state index < -0.39 is 5.67 Å². The number of hydrogen-bond donors (Lipinski definition) is 1. The Balaban J connectivity index is 2.33. The van der Waals surface area contributed by atoms with Crippen LogP contribution in [0.5, 0.6) is 5.75 Å². The molecule has 1 aliphatic rings. The lowest BCUT2D eigenvalue weighted by Gasteiger charge is -2.18. The lowest BCUT2D eigenvalue weighted by Crippen LogP contribution is -2.18. The fourth-order valence-electron chi connectivity index (χ4n) is 1.55. The van der Waals surface area contributed by atoms with Crippen LogP contribution in [-0.4, -0.2) is 16.6 Å². The van der Waals surface area contributed by atoms with Crippen LogP contribution in [0.1, 0.15) is 12.0 Å². The van der Waals surface area contributed by atoms with E-state index in [9.17, 15) is 9.50 Å². The summed E-state index contributed by atoms with van der Waals surface area (Å²) in [5, 5.41) is 9.21. The molecule has 1 aliphatic heterocycles. The minimum atomic E-state index is -1.22. The van der Waals surface area contributed by atoms with Crippen LogP contribution in [0.2, 0.25) is 0 Å². The highest BCUT2D eigenvalue weighted by Gasteiger charge is 2.36. The quantitative estimate of drug-likeness (QED) is 0.748.